The molecule has 4 rings (SSSR count). The summed E-state index contributed by atoms with van der Waals surface area (Å²) < 4.78 is 6.37. The van der Waals surface area contributed by atoms with E-state index in [1.54, 1.807) is 29.5 Å². The molecule has 2 aromatic heterocycles. The molecule has 0 bridgehead atoms. The van der Waals surface area contributed by atoms with Gasteiger partial charge in [0.05, 0.1) is 23.0 Å². The molecule has 0 aliphatic heterocycles. The number of para-hydroxylation sites is 1. The van der Waals surface area contributed by atoms with Gasteiger partial charge in [0.25, 0.3) is 0 Å². The number of fused-ring (bicyclic) bond motifs is 1. The Morgan fingerprint density at radius 1 is 1.15 bits per heavy atom. The lowest BCUT2D eigenvalue weighted by Gasteiger charge is -2.11. The van der Waals surface area contributed by atoms with Crippen LogP contribution in [0.4, 0.5) is 15.5 Å². The van der Waals surface area contributed by atoms with E-state index in [-0.39, 0.29) is 6.03 Å². The molecule has 136 valence electrons. The van der Waals surface area contributed by atoms with Crippen molar-refractivity contribution < 1.29 is 9.53 Å². The van der Waals surface area contributed by atoms with Crippen LogP contribution in [-0.4, -0.2) is 18.1 Å². The summed E-state index contributed by atoms with van der Waals surface area (Å²) in [5.41, 5.74) is 2.35. The molecule has 2 N–H and O–H groups in total. The van der Waals surface area contributed by atoms with Crippen LogP contribution in [0.5, 0.6) is 5.75 Å². The highest BCUT2D eigenvalue weighted by Gasteiger charge is 2.15. The van der Waals surface area contributed by atoms with Crippen LogP contribution < -0.4 is 15.4 Å². The number of thiophene rings is 1. The van der Waals surface area contributed by atoms with Gasteiger partial charge in [-0.3, -0.25) is 5.32 Å². The number of hydrogen-bond acceptors (Lipinski definition) is 5. The maximum atomic E-state index is 12.5. The predicted molar refractivity (Wildman–Crippen MR) is 114 cm³/mol. The molecule has 0 unspecified atom stereocenters. The number of carbonyl (C=O) groups is 1. The van der Waals surface area contributed by atoms with E-state index >= 15 is 0 Å². The molecule has 0 saturated heterocycles. The molecule has 2 aromatic carbocycles. The molecule has 27 heavy (non-hydrogen) atoms. The molecular weight excluding hydrogens is 402 g/mol. The molecule has 0 aliphatic rings. The molecular formula is C19H14ClN3O2S2. The fourth-order valence-corrected chi connectivity index (χ4v) is 4.61. The second-order valence-electron chi connectivity index (χ2n) is 5.57. The van der Waals surface area contributed by atoms with Gasteiger partial charge in [0.15, 0.2) is 0 Å². The first kappa shape index (κ1) is 17.8. The third kappa shape index (κ3) is 3.75. The van der Waals surface area contributed by atoms with Crippen LogP contribution in [-0.2, 0) is 0 Å². The highest BCUT2D eigenvalue weighted by molar-refractivity contribution is 7.22. The number of carbonyl (C=O) groups excluding carboxylic acids is 1. The van der Waals surface area contributed by atoms with Crippen LogP contribution >= 0.6 is 34.3 Å². The van der Waals surface area contributed by atoms with Crippen molar-refractivity contribution in [2.45, 2.75) is 0 Å². The first-order chi connectivity index (χ1) is 13.1. The number of amides is 2. The summed E-state index contributed by atoms with van der Waals surface area (Å²) in [5, 5.41) is 9.70. The standard InChI is InChI=1S/C19H14ClN3O2S2/c1-25-15-7-6-11(20)10-14(15)22-19(24)23-17-12(8-9-26-17)18-21-13-4-2-3-5-16(13)27-18/h2-10H,1H3,(H2,22,23,24). The summed E-state index contributed by atoms with van der Waals surface area (Å²) in [4.78, 5) is 17.1. The van der Waals surface area contributed by atoms with Crippen molar-refractivity contribution in [1.29, 1.82) is 0 Å². The van der Waals surface area contributed by atoms with Crippen LogP contribution in [0.15, 0.2) is 53.9 Å². The maximum absolute atomic E-state index is 12.5. The number of rotatable bonds is 4. The van der Waals surface area contributed by atoms with Gasteiger partial charge in [0.1, 0.15) is 15.8 Å². The van der Waals surface area contributed by atoms with Crippen LogP contribution in [0.3, 0.4) is 0 Å². The lowest BCUT2D eigenvalue weighted by atomic mass is 10.3. The molecule has 4 aromatic rings. The van der Waals surface area contributed by atoms with Gasteiger partial charge in [0.2, 0.25) is 0 Å². The number of ether oxygens (including phenoxy) is 1. The highest BCUT2D eigenvalue weighted by Crippen LogP contribution is 2.38. The van der Waals surface area contributed by atoms with E-state index in [9.17, 15) is 4.79 Å². The molecule has 8 heteroatoms. The Hall–Kier alpha value is -2.61. The third-order valence-corrected chi connectivity index (χ3v) is 5.96. The summed E-state index contributed by atoms with van der Waals surface area (Å²) in [6, 6.07) is 14.6. The zero-order chi connectivity index (χ0) is 18.8. The van der Waals surface area contributed by atoms with E-state index in [4.69, 9.17) is 16.3 Å². The fourth-order valence-electron chi connectivity index (χ4n) is 2.60. The average Bonchev–Trinajstić information content (AvgIpc) is 3.28. The second-order valence-corrected chi connectivity index (χ2v) is 7.96. The number of halogens is 1. The lowest BCUT2D eigenvalue weighted by Crippen LogP contribution is -2.19. The molecule has 0 atom stereocenters. The summed E-state index contributed by atoms with van der Waals surface area (Å²) >= 11 is 9.05. The Morgan fingerprint density at radius 3 is 2.81 bits per heavy atom. The van der Waals surface area contributed by atoms with E-state index < -0.39 is 0 Å². The van der Waals surface area contributed by atoms with Gasteiger partial charge in [-0.15, -0.1) is 22.7 Å². The number of methoxy groups -OCH3 is 1. The van der Waals surface area contributed by atoms with Gasteiger partial charge >= 0.3 is 6.03 Å². The summed E-state index contributed by atoms with van der Waals surface area (Å²) in [6.45, 7) is 0. The molecule has 2 amide bonds. The first-order valence-corrected chi connectivity index (χ1v) is 10.1. The normalized spacial score (nSPS) is 10.7. The summed E-state index contributed by atoms with van der Waals surface area (Å²) in [5.74, 6) is 0.534. The number of thiazole rings is 1. The summed E-state index contributed by atoms with van der Waals surface area (Å²) in [6.07, 6.45) is 0. The Morgan fingerprint density at radius 2 is 2.00 bits per heavy atom. The van der Waals surface area contributed by atoms with Gasteiger partial charge in [-0.2, -0.15) is 0 Å². The van der Waals surface area contributed by atoms with Gasteiger partial charge in [-0.05, 0) is 41.8 Å². The predicted octanol–water partition coefficient (Wildman–Crippen LogP) is 6.33. The first-order valence-electron chi connectivity index (χ1n) is 7.99. The van der Waals surface area contributed by atoms with Gasteiger partial charge < -0.3 is 10.1 Å². The van der Waals surface area contributed by atoms with Gasteiger partial charge in [-0.1, -0.05) is 23.7 Å². The van der Waals surface area contributed by atoms with Crippen molar-refractivity contribution in [3.8, 4) is 16.3 Å². The minimum Gasteiger partial charge on any atom is -0.495 e. The van der Waals surface area contributed by atoms with E-state index in [1.165, 1.54) is 18.4 Å². The van der Waals surface area contributed by atoms with Crippen molar-refractivity contribution in [2.75, 3.05) is 17.7 Å². The van der Waals surface area contributed by atoms with Gasteiger partial charge in [0, 0.05) is 10.6 Å². The van der Waals surface area contributed by atoms with E-state index in [2.05, 4.69) is 15.6 Å². The average molecular weight is 416 g/mol. The molecule has 0 radical (unpaired) electrons. The van der Waals surface area contributed by atoms with Crippen molar-refractivity contribution in [3.63, 3.8) is 0 Å². The fraction of sp³-hybridized carbons (Fsp3) is 0.0526. The lowest BCUT2D eigenvalue weighted by molar-refractivity contribution is 0.262. The van der Waals surface area contributed by atoms with E-state index in [0.29, 0.717) is 16.5 Å². The Bertz CT molecular complexity index is 1090. The number of anilines is 2. The number of nitrogens with one attached hydrogen (secondary N) is 2. The monoisotopic (exact) mass is 415 g/mol. The molecule has 0 aliphatic carbocycles. The largest absolute Gasteiger partial charge is 0.495 e. The Labute approximate surface area is 168 Å². The number of aromatic nitrogens is 1. The van der Waals surface area contributed by atoms with Crippen LogP contribution in [0.25, 0.3) is 20.8 Å². The van der Waals surface area contributed by atoms with E-state index in [1.807, 2.05) is 35.7 Å². The number of urea groups is 1. The molecule has 0 spiro atoms. The van der Waals surface area contributed by atoms with E-state index in [0.717, 1.165) is 25.8 Å². The topological polar surface area (TPSA) is 63.2 Å². The molecule has 5 nitrogen and oxygen atoms in total. The van der Waals surface area contributed by atoms with Crippen molar-refractivity contribution in [1.82, 2.24) is 4.98 Å². The molecule has 0 saturated carbocycles. The third-order valence-electron chi connectivity index (χ3n) is 3.83. The van der Waals surface area contributed by atoms with Crippen molar-refractivity contribution >= 4 is 61.2 Å². The Kier molecular flexibility index (Phi) is 4.98. The zero-order valence-electron chi connectivity index (χ0n) is 14.2. The molecule has 2 heterocycles. The van der Waals surface area contributed by atoms with Crippen LogP contribution in [0.2, 0.25) is 5.02 Å². The highest BCUT2D eigenvalue weighted by atomic mass is 35.5. The van der Waals surface area contributed by atoms with Crippen LogP contribution in [0.1, 0.15) is 0 Å². The summed E-state index contributed by atoms with van der Waals surface area (Å²) in [7, 11) is 1.54. The van der Waals surface area contributed by atoms with Crippen molar-refractivity contribution in [2.24, 2.45) is 0 Å². The minimum atomic E-state index is -0.375. The SMILES string of the molecule is COc1ccc(Cl)cc1NC(=O)Nc1sccc1-c1nc2ccccc2s1. The maximum Gasteiger partial charge on any atom is 0.324 e. The zero-order valence-corrected chi connectivity index (χ0v) is 16.5. The Balaban J connectivity index is 1.56. The quantitative estimate of drug-likeness (QED) is 0.409. The smallest absolute Gasteiger partial charge is 0.324 e. The number of benzene rings is 2. The van der Waals surface area contributed by atoms with Gasteiger partial charge in [-0.25, -0.2) is 9.78 Å². The molecule has 0 fully saturated rings. The number of nitrogens with zero attached hydrogens (tertiary/aromatic N) is 1. The van der Waals surface area contributed by atoms with Crippen molar-refractivity contribution in [3.05, 3.63) is 58.9 Å². The number of hydrogen-bond donors (Lipinski definition) is 2. The second kappa shape index (κ2) is 7.56. The van der Waals surface area contributed by atoms with Crippen LogP contribution in [0, 0.1) is 0 Å². The minimum absolute atomic E-state index is 0.375.